The molecule has 162 valence electrons. The van der Waals surface area contributed by atoms with Crippen molar-refractivity contribution in [1.29, 1.82) is 0 Å². The molecule has 3 aliphatic rings. The lowest BCUT2D eigenvalue weighted by Gasteiger charge is -2.34. The summed E-state index contributed by atoms with van der Waals surface area (Å²) in [5.41, 5.74) is 7.46. The van der Waals surface area contributed by atoms with Crippen LogP contribution in [0.25, 0.3) is 22.4 Å². The van der Waals surface area contributed by atoms with Crippen LogP contribution in [0.5, 0.6) is 0 Å². The molecule has 2 fully saturated rings. The quantitative estimate of drug-likeness (QED) is 0.556. The third-order valence-corrected chi connectivity index (χ3v) is 7.29. The van der Waals surface area contributed by atoms with Crippen molar-refractivity contribution < 1.29 is 14.2 Å². The Bertz CT molecular complexity index is 1080. The first-order valence-corrected chi connectivity index (χ1v) is 11.8. The number of rotatable bonds is 3. The van der Waals surface area contributed by atoms with Gasteiger partial charge in [-0.3, -0.25) is 0 Å². The standard InChI is InChI=1S/C23H26N4O3S/c1-13-29-23(30-13)17-9-25-19-10-28-12-26-18-3-2-15(8-16(18)21(17)19)20-11-31-22(27-20)14-4-6-24-7-5-14/h2-3,8-9,11,13-14,23-26H,4-7,10,12H2,1H3. The fraction of sp³-hybridized carbons (Fsp3) is 0.435. The molecule has 0 radical (unpaired) electrons. The van der Waals surface area contributed by atoms with Gasteiger partial charge in [0.1, 0.15) is 6.73 Å². The number of benzene rings is 1. The Kier molecular flexibility index (Phi) is 5.04. The normalized spacial score (nSPS) is 23.8. The topological polar surface area (TPSA) is 80.4 Å². The highest BCUT2D eigenvalue weighted by Crippen LogP contribution is 2.44. The van der Waals surface area contributed by atoms with Gasteiger partial charge >= 0.3 is 0 Å². The molecule has 1 aromatic carbocycles. The Morgan fingerprint density at radius 2 is 2.03 bits per heavy atom. The third kappa shape index (κ3) is 3.58. The van der Waals surface area contributed by atoms with Crippen LogP contribution in [0, 0.1) is 0 Å². The molecule has 0 amide bonds. The zero-order chi connectivity index (χ0) is 20.8. The summed E-state index contributed by atoms with van der Waals surface area (Å²) in [7, 11) is 0. The molecule has 31 heavy (non-hydrogen) atoms. The Hall–Kier alpha value is -2.23. The van der Waals surface area contributed by atoms with Crippen LogP contribution in [0.2, 0.25) is 0 Å². The van der Waals surface area contributed by atoms with E-state index in [1.165, 1.54) is 5.01 Å². The number of aromatic nitrogens is 2. The van der Waals surface area contributed by atoms with Crippen molar-refractivity contribution in [1.82, 2.24) is 15.3 Å². The van der Waals surface area contributed by atoms with Crippen LogP contribution in [-0.4, -0.2) is 36.1 Å². The molecule has 2 aromatic heterocycles. The summed E-state index contributed by atoms with van der Waals surface area (Å²) in [5.74, 6) is 0.570. The highest BCUT2D eigenvalue weighted by atomic mass is 32.1. The minimum Gasteiger partial charge on any atom is -0.362 e. The Balaban J connectivity index is 1.39. The summed E-state index contributed by atoms with van der Waals surface area (Å²) >= 11 is 1.78. The van der Waals surface area contributed by atoms with Gasteiger partial charge in [0, 0.05) is 51.1 Å². The number of thiazole rings is 1. The maximum absolute atomic E-state index is 5.80. The first-order valence-electron chi connectivity index (χ1n) is 10.9. The van der Waals surface area contributed by atoms with Gasteiger partial charge in [-0.25, -0.2) is 4.98 Å². The smallest absolute Gasteiger partial charge is 0.191 e. The molecule has 3 aliphatic heterocycles. The second kappa shape index (κ2) is 8.03. The van der Waals surface area contributed by atoms with Gasteiger partial charge in [0.05, 0.1) is 17.3 Å². The van der Waals surface area contributed by atoms with Crippen molar-refractivity contribution >= 4 is 17.0 Å². The van der Waals surface area contributed by atoms with Gasteiger partial charge in [-0.15, -0.1) is 11.3 Å². The predicted octanol–water partition coefficient (Wildman–Crippen LogP) is 4.56. The van der Waals surface area contributed by atoms with E-state index in [1.54, 1.807) is 11.3 Å². The van der Waals surface area contributed by atoms with E-state index >= 15 is 0 Å². The number of hydrogen-bond acceptors (Lipinski definition) is 7. The molecule has 0 atom stereocenters. The molecule has 8 heteroatoms. The molecule has 0 spiro atoms. The van der Waals surface area contributed by atoms with Gasteiger partial charge in [0.15, 0.2) is 12.6 Å². The van der Waals surface area contributed by atoms with Crippen LogP contribution in [0.4, 0.5) is 5.69 Å². The van der Waals surface area contributed by atoms with Crippen LogP contribution >= 0.6 is 11.3 Å². The third-order valence-electron chi connectivity index (χ3n) is 6.28. The average Bonchev–Trinajstić information content (AvgIpc) is 3.41. The van der Waals surface area contributed by atoms with Gasteiger partial charge in [0.2, 0.25) is 0 Å². The van der Waals surface area contributed by atoms with Crippen LogP contribution < -0.4 is 10.6 Å². The summed E-state index contributed by atoms with van der Waals surface area (Å²) in [5, 5.41) is 10.3. The fourth-order valence-corrected chi connectivity index (χ4v) is 5.63. The number of H-pyrrole nitrogens is 1. The van der Waals surface area contributed by atoms with Crippen molar-refractivity contribution in [3.8, 4) is 22.4 Å². The lowest BCUT2D eigenvalue weighted by Crippen LogP contribution is -2.31. The Labute approximate surface area is 185 Å². The van der Waals surface area contributed by atoms with Crippen molar-refractivity contribution in [3.05, 3.63) is 46.0 Å². The molecule has 7 nitrogen and oxygen atoms in total. The summed E-state index contributed by atoms with van der Waals surface area (Å²) < 4.78 is 17.4. The largest absolute Gasteiger partial charge is 0.362 e. The molecule has 3 aromatic rings. The molecule has 6 rings (SSSR count). The number of piperidine rings is 1. The molecule has 2 saturated heterocycles. The molecular weight excluding hydrogens is 412 g/mol. The summed E-state index contributed by atoms with van der Waals surface area (Å²) in [6.45, 7) is 5.03. The van der Waals surface area contributed by atoms with Crippen molar-refractivity contribution in [2.45, 2.75) is 44.9 Å². The second-order valence-electron chi connectivity index (χ2n) is 8.29. The van der Waals surface area contributed by atoms with Crippen LogP contribution in [0.1, 0.15) is 48.2 Å². The first-order chi connectivity index (χ1) is 15.3. The van der Waals surface area contributed by atoms with Gasteiger partial charge in [-0.1, -0.05) is 6.07 Å². The van der Waals surface area contributed by atoms with Crippen molar-refractivity contribution in [2.75, 3.05) is 25.1 Å². The highest BCUT2D eigenvalue weighted by Gasteiger charge is 2.33. The minimum absolute atomic E-state index is 0.173. The van der Waals surface area contributed by atoms with Gasteiger partial charge < -0.3 is 29.8 Å². The molecular formula is C23H26N4O3S. The number of aromatic amines is 1. The molecule has 0 unspecified atom stereocenters. The SMILES string of the molecule is CC1OC(c2c[nH]c3c2-c2cc(-c4csc(C5CCNCC5)n4)ccc2NCOC3)O1. The van der Waals surface area contributed by atoms with Crippen molar-refractivity contribution in [2.24, 2.45) is 0 Å². The van der Waals surface area contributed by atoms with Crippen LogP contribution in [0.15, 0.2) is 29.8 Å². The van der Waals surface area contributed by atoms with Gasteiger partial charge in [-0.2, -0.15) is 0 Å². The van der Waals surface area contributed by atoms with E-state index < -0.39 is 0 Å². The fourth-order valence-electron chi connectivity index (χ4n) is 4.63. The van der Waals surface area contributed by atoms with E-state index in [9.17, 15) is 0 Å². The number of fused-ring (bicyclic) bond motifs is 3. The number of nitrogens with one attached hydrogen (secondary N) is 3. The van der Waals surface area contributed by atoms with E-state index in [2.05, 4.69) is 39.2 Å². The van der Waals surface area contributed by atoms with Gasteiger partial charge in [-0.05, 0) is 45.0 Å². The monoisotopic (exact) mass is 438 g/mol. The maximum atomic E-state index is 5.80. The number of nitrogens with zero attached hydrogens (tertiary/aromatic N) is 1. The first kappa shape index (κ1) is 19.5. The number of anilines is 1. The second-order valence-corrected chi connectivity index (χ2v) is 9.18. The molecule has 0 aliphatic carbocycles. The van der Waals surface area contributed by atoms with E-state index in [0.717, 1.165) is 65.3 Å². The van der Waals surface area contributed by atoms with E-state index in [-0.39, 0.29) is 12.6 Å². The average molecular weight is 439 g/mol. The lowest BCUT2D eigenvalue weighted by molar-refractivity contribution is -0.382. The zero-order valence-corrected chi connectivity index (χ0v) is 18.3. The lowest BCUT2D eigenvalue weighted by atomic mass is 9.95. The Morgan fingerprint density at radius 3 is 2.87 bits per heavy atom. The van der Waals surface area contributed by atoms with Crippen molar-refractivity contribution in [3.63, 3.8) is 0 Å². The van der Waals surface area contributed by atoms with Crippen LogP contribution in [0.3, 0.4) is 0 Å². The highest BCUT2D eigenvalue weighted by molar-refractivity contribution is 7.10. The predicted molar refractivity (Wildman–Crippen MR) is 120 cm³/mol. The minimum atomic E-state index is -0.350. The summed E-state index contributed by atoms with van der Waals surface area (Å²) in [6, 6.07) is 6.49. The van der Waals surface area contributed by atoms with E-state index in [1.807, 2.05) is 13.1 Å². The molecule has 5 heterocycles. The molecule has 0 saturated carbocycles. The molecule has 3 N–H and O–H groups in total. The van der Waals surface area contributed by atoms with E-state index in [4.69, 9.17) is 19.2 Å². The van der Waals surface area contributed by atoms with Crippen LogP contribution in [-0.2, 0) is 20.8 Å². The van der Waals surface area contributed by atoms with Gasteiger partial charge in [0.25, 0.3) is 0 Å². The van der Waals surface area contributed by atoms with E-state index in [0.29, 0.717) is 19.3 Å². The summed E-state index contributed by atoms with van der Waals surface area (Å²) in [6.07, 6.45) is 3.78. The zero-order valence-electron chi connectivity index (χ0n) is 17.4. The molecule has 0 bridgehead atoms. The number of ether oxygens (including phenoxy) is 3. The number of hydrogen-bond donors (Lipinski definition) is 3. The maximum Gasteiger partial charge on any atom is 0.191 e. The Morgan fingerprint density at radius 1 is 1.16 bits per heavy atom. The summed E-state index contributed by atoms with van der Waals surface area (Å²) in [4.78, 5) is 8.39.